The van der Waals surface area contributed by atoms with E-state index in [0.717, 1.165) is 6.42 Å². The van der Waals surface area contributed by atoms with Gasteiger partial charge in [-0.3, -0.25) is 4.79 Å². The summed E-state index contributed by atoms with van der Waals surface area (Å²) >= 11 is 0. The van der Waals surface area contributed by atoms with Gasteiger partial charge in [0.1, 0.15) is 5.41 Å². The highest BCUT2D eigenvalue weighted by Gasteiger charge is 2.41. The Morgan fingerprint density at radius 1 is 1.47 bits per heavy atom. The largest absolute Gasteiger partial charge is 0.381 e. The van der Waals surface area contributed by atoms with Crippen molar-refractivity contribution in [3.63, 3.8) is 0 Å². The maximum Gasteiger partial charge on any atom is 0.240 e. The molecule has 96 valence electrons. The molecule has 1 aliphatic heterocycles. The molecular weight excluding hydrogens is 216 g/mol. The topological polar surface area (TPSA) is 62.1 Å². The maximum absolute atomic E-state index is 12.2. The van der Waals surface area contributed by atoms with Crippen LogP contribution in [0.15, 0.2) is 0 Å². The standard InChI is InChI=1S/C13H22N2O2/c1-4-10(2)11(3)15-12(16)13(9-14)5-7-17-8-6-13/h10-11H,4-8H2,1-3H3,(H,15,16). The van der Waals surface area contributed by atoms with Gasteiger partial charge in [-0.1, -0.05) is 20.3 Å². The number of rotatable bonds is 4. The Bertz CT molecular complexity index is 303. The molecule has 0 radical (unpaired) electrons. The number of hydrogen-bond acceptors (Lipinski definition) is 3. The molecule has 0 aliphatic carbocycles. The second kappa shape index (κ2) is 6.02. The van der Waals surface area contributed by atoms with Gasteiger partial charge in [0.2, 0.25) is 5.91 Å². The molecule has 2 unspecified atom stereocenters. The number of ether oxygens (including phenoxy) is 1. The van der Waals surface area contributed by atoms with Crippen molar-refractivity contribution < 1.29 is 9.53 Å². The van der Waals surface area contributed by atoms with Gasteiger partial charge in [0.05, 0.1) is 6.07 Å². The van der Waals surface area contributed by atoms with Crippen molar-refractivity contribution in [2.75, 3.05) is 13.2 Å². The molecule has 1 rings (SSSR count). The van der Waals surface area contributed by atoms with Crippen molar-refractivity contribution in [2.24, 2.45) is 11.3 Å². The van der Waals surface area contributed by atoms with E-state index < -0.39 is 5.41 Å². The fourth-order valence-corrected chi connectivity index (χ4v) is 1.95. The molecule has 17 heavy (non-hydrogen) atoms. The smallest absolute Gasteiger partial charge is 0.240 e. The molecule has 1 aliphatic rings. The zero-order valence-electron chi connectivity index (χ0n) is 11.0. The van der Waals surface area contributed by atoms with E-state index in [1.807, 2.05) is 6.92 Å². The highest BCUT2D eigenvalue weighted by Crippen LogP contribution is 2.30. The molecule has 0 aromatic rings. The van der Waals surface area contributed by atoms with Crippen LogP contribution in [0.4, 0.5) is 0 Å². The Morgan fingerprint density at radius 2 is 2.06 bits per heavy atom. The molecule has 1 fully saturated rings. The third kappa shape index (κ3) is 3.19. The van der Waals surface area contributed by atoms with Gasteiger partial charge in [-0.2, -0.15) is 5.26 Å². The Labute approximate surface area is 103 Å². The van der Waals surface area contributed by atoms with E-state index in [0.29, 0.717) is 32.0 Å². The molecule has 1 amide bonds. The van der Waals surface area contributed by atoms with Crippen molar-refractivity contribution in [1.82, 2.24) is 5.32 Å². The van der Waals surface area contributed by atoms with E-state index in [2.05, 4.69) is 25.2 Å². The Balaban J connectivity index is 2.64. The number of hydrogen-bond donors (Lipinski definition) is 1. The van der Waals surface area contributed by atoms with Gasteiger partial charge in [0, 0.05) is 19.3 Å². The first-order valence-electron chi connectivity index (χ1n) is 6.35. The van der Waals surface area contributed by atoms with E-state index in [1.165, 1.54) is 0 Å². The third-order valence-electron chi connectivity index (χ3n) is 3.85. The first-order chi connectivity index (χ1) is 8.05. The molecule has 0 spiro atoms. The molecule has 4 nitrogen and oxygen atoms in total. The van der Waals surface area contributed by atoms with Gasteiger partial charge >= 0.3 is 0 Å². The summed E-state index contributed by atoms with van der Waals surface area (Å²) in [6.07, 6.45) is 2.02. The number of amides is 1. The van der Waals surface area contributed by atoms with Crippen molar-refractivity contribution in [3.8, 4) is 6.07 Å². The van der Waals surface area contributed by atoms with Gasteiger partial charge in [-0.05, 0) is 25.7 Å². The van der Waals surface area contributed by atoms with Gasteiger partial charge in [-0.15, -0.1) is 0 Å². The number of carbonyl (C=O) groups is 1. The highest BCUT2D eigenvalue weighted by molar-refractivity contribution is 5.85. The van der Waals surface area contributed by atoms with Gasteiger partial charge in [0.15, 0.2) is 0 Å². The second-order valence-corrected chi connectivity index (χ2v) is 4.95. The Kier molecular flexibility index (Phi) is 4.95. The van der Waals surface area contributed by atoms with Crippen molar-refractivity contribution in [1.29, 1.82) is 5.26 Å². The molecule has 2 atom stereocenters. The van der Waals surface area contributed by atoms with Crippen molar-refractivity contribution >= 4 is 5.91 Å². The van der Waals surface area contributed by atoms with Crippen LogP contribution in [0, 0.1) is 22.7 Å². The zero-order chi connectivity index (χ0) is 12.9. The van der Waals surface area contributed by atoms with E-state index in [4.69, 9.17) is 4.74 Å². The number of nitrogens with one attached hydrogen (secondary N) is 1. The van der Waals surface area contributed by atoms with E-state index in [9.17, 15) is 10.1 Å². The summed E-state index contributed by atoms with van der Waals surface area (Å²) in [6, 6.07) is 2.30. The first-order valence-corrected chi connectivity index (χ1v) is 6.35. The Hall–Kier alpha value is -1.08. The predicted molar refractivity (Wildman–Crippen MR) is 65.2 cm³/mol. The summed E-state index contributed by atoms with van der Waals surface area (Å²) in [5.41, 5.74) is -0.875. The summed E-state index contributed by atoms with van der Waals surface area (Å²) in [6.45, 7) is 7.20. The van der Waals surface area contributed by atoms with Crippen LogP contribution in [0.1, 0.15) is 40.0 Å². The Morgan fingerprint density at radius 3 is 2.53 bits per heavy atom. The zero-order valence-corrected chi connectivity index (χ0v) is 11.0. The normalized spacial score (nSPS) is 22.2. The lowest BCUT2D eigenvalue weighted by Gasteiger charge is -2.31. The fraction of sp³-hybridized carbons (Fsp3) is 0.846. The fourth-order valence-electron chi connectivity index (χ4n) is 1.95. The quantitative estimate of drug-likeness (QED) is 0.813. The van der Waals surface area contributed by atoms with Crippen LogP contribution in [-0.2, 0) is 9.53 Å². The molecular formula is C13H22N2O2. The number of nitriles is 1. The van der Waals surface area contributed by atoms with Crippen molar-refractivity contribution in [2.45, 2.75) is 46.1 Å². The minimum absolute atomic E-state index is 0.112. The van der Waals surface area contributed by atoms with E-state index in [-0.39, 0.29) is 11.9 Å². The minimum Gasteiger partial charge on any atom is -0.381 e. The molecule has 0 aromatic carbocycles. The van der Waals surface area contributed by atoms with Gasteiger partial charge in [-0.25, -0.2) is 0 Å². The molecule has 1 N–H and O–H groups in total. The predicted octanol–water partition coefficient (Wildman–Crippen LogP) is 1.86. The summed E-state index contributed by atoms with van der Waals surface area (Å²) in [5.74, 6) is 0.297. The minimum atomic E-state index is -0.875. The highest BCUT2D eigenvalue weighted by atomic mass is 16.5. The summed E-state index contributed by atoms with van der Waals surface area (Å²) in [5, 5.41) is 12.2. The summed E-state index contributed by atoms with van der Waals surface area (Å²) in [7, 11) is 0. The lowest BCUT2D eigenvalue weighted by molar-refractivity contribution is -0.133. The van der Waals surface area contributed by atoms with Crippen molar-refractivity contribution in [3.05, 3.63) is 0 Å². The summed E-state index contributed by atoms with van der Waals surface area (Å²) in [4.78, 5) is 12.2. The lowest BCUT2D eigenvalue weighted by atomic mass is 9.80. The van der Waals surface area contributed by atoms with Gasteiger partial charge in [0.25, 0.3) is 0 Å². The summed E-state index contributed by atoms with van der Waals surface area (Å²) < 4.78 is 5.22. The average molecular weight is 238 g/mol. The molecule has 0 aromatic heterocycles. The monoisotopic (exact) mass is 238 g/mol. The second-order valence-electron chi connectivity index (χ2n) is 4.95. The molecule has 1 saturated heterocycles. The SMILES string of the molecule is CCC(C)C(C)NC(=O)C1(C#N)CCOCC1. The van der Waals surface area contributed by atoms with Gasteiger partial charge < -0.3 is 10.1 Å². The average Bonchev–Trinajstić information content (AvgIpc) is 2.38. The number of nitrogens with zero attached hydrogens (tertiary/aromatic N) is 1. The molecule has 4 heteroatoms. The van der Waals surface area contributed by atoms with Crippen LogP contribution in [0.5, 0.6) is 0 Å². The molecule has 0 bridgehead atoms. The molecule has 1 heterocycles. The van der Waals surface area contributed by atoms with E-state index in [1.54, 1.807) is 0 Å². The van der Waals surface area contributed by atoms with Crippen LogP contribution in [0.2, 0.25) is 0 Å². The number of carbonyl (C=O) groups excluding carboxylic acids is 1. The van der Waals surface area contributed by atoms with Crippen LogP contribution in [-0.4, -0.2) is 25.2 Å². The maximum atomic E-state index is 12.2. The molecule has 0 saturated carbocycles. The first kappa shape index (κ1) is 14.0. The van der Waals surface area contributed by atoms with Crippen LogP contribution in [0.3, 0.4) is 0 Å². The van der Waals surface area contributed by atoms with Crippen LogP contribution < -0.4 is 5.32 Å². The van der Waals surface area contributed by atoms with E-state index >= 15 is 0 Å². The van der Waals surface area contributed by atoms with Crippen LogP contribution in [0.25, 0.3) is 0 Å². The van der Waals surface area contributed by atoms with Crippen LogP contribution >= 0.6 is 0 Å². The third-order valence-corrected chi connectivity index (χ3v) is 3.85. The lowest BCUT2D eigenvalue weighted by Crippen LogP contribution is -2.48.